The van der Waals surface area contributed by atoms with Gasteiger partial charge < -0.3 is 0 Å². The smallest absolute Gasteiger partial charge is 0.197 e. The fourth-order valence-electron chi connectivity index (χ4n) is 2.31. The maximum Gasteiger partial charge on any atom is 0.197 e. The van der Waals surface area contributed by atoms with Crippen LogP contribution in [0.2, 0.25) is 0 Å². The fraction of sp³-hybridized carbons (Fsp3) is 0.750. The highest BCUT2D eigenvalue weighted by Gasteiger charge is 2.27. The molecule has 1 saturated carbocycles. The van der Waals surface area contributed by atoms with Gasteiger partial charge in [-0.25, -0.2) is 0 Å². The second-order valence-corrected chi connectivity index (χ2v) is 8.70. The first-order valence-corrected chi connectivity index (χ1v) is 7.96. The zero-order valence-electron chi connectivity index (χ0n) is 9.64. The molecule has 0 bridgehead atoms. The van der Waals surface area contributed by atoms with Gasteiger partial charge in [-0.05, 0) is 49.5 Å². The Morgan fingerprint density at radius 2 is 1.86 bits per heavy atom. The summed E-state index contributed by atoms with van der Waals surface area (Å²) < 4.78 is 0. The van der Waals surface area contributed by atoms with Crippen LogP contribution in [0.1, 0.15) is 32.6 Å². The summed E-state index contributed by atoms with van der Waals surface area (Å²) in [6, 6.07) is 0. The lowest BCUT2D eigenvalue weighted by Gasteiger charge is -2.32. The highest BCUT2D eigenvalue weighted by Crippen LogP contribution is 2.47. The van der Waals surface area contributed by atoms with Gasteiger partial charge in [-0.3, -0.25) is 4.79 Å². The zero-order chi connectivity index (χ0) is 10.8. The largest absolute Gasteiger partial charge is 0.284 e. The normalized spacial score (nSPS) is 19.6. The standard InChI is InChI=1S/C12H22OS/c1-10(2)12(13)14(3,4)9-11-7-5-6-8-11/h11H,1,5-9H2,2-4H3. The summed E-state index contributed by atoms with van der Waals surface area (Å²) in [7, 11) is -1.08. The quantitative estimate of drug-likeness (QED) is 0.659. The molecular weight excluding hydrogens is 192 g/mol. The molecule has 0 aromatic heterocycles. The lowest BCUT2D eigenvalue weighted by molar-refractivity contribution is -0.108. The van der Waals surface area contributed by atoms with Gasteiger partial charge >= 0.3 is 0 Å². The molecule has 0 atom stereocenters. The monoisotopic (exact) mass is 214 g/mol. The van der Waals surface area contributed by atoms with Crippen LogP contribution in [0.5, 0.6) is 0 Å². The number of carbonyl (C=O) groups is 1. The van der Waals surface area contributed by atoms with Crippen LogP contribution in [0, 0.1) is 5.92 Å². The molecule has 0 aromatic carbocycles. The lowest BCUT2D eigenvalue weighted by Crippen LogP contribution is -2.18. The summed E-state index contributed by atoms with van der Waals surface area (Å²) >= 11 is 0. The summed E-state index contributed by atoms with van der Waals surface area (Å²) in [5, 5.41) is 0.324. The van der Waals surface area contributed by atoms with Crippen molar-refractivity contribution in [1.82, 2.24) is 0 Å². The third-order valence-corrected chi connectivity index (χ3v) is 5.63. The van der Waals surface area contributed by atoms with Crippen LogP contribution < -0.4 is 0 Å². The van der Waals surface area contributed by atoms with E-state index in [0.29, 0.717) is 5.12 Å². The second kappa shape index (κ2) is 4.52. The van der Waals surface area contributed by atoms with Crippen molar-refractivity contribution in [3.8, 4) is 0 Å². The van der Waals surface area contributed by atoms with Gasteiger partial charge in [-0.2, -0.15) is 10.0 Å². The van der Waals surface area contributed by atoms with Crippen molar-refractivity contribution < 1.29 is 4.79 Å². The average molecular weight is 214 g/mol. The van der Waals surface area contributed by atoms with Crippen LogP contribution in [0.25, 0.3) is 0 Å². The molecule has 0 heterocycles. The van der Waals surface area contributed by atoms with E-state index in [4.69, 9.17) is 0 Å². The maximum atomic E-state index is 11.9. The first-order valence-electron chi connectivity index (χ1n) is 5.34. The number of rotatable bonds is 3. The molecule has 0 aromatic rings. The molecule has 0 N–H and O–H groups in total. The Bertz CT molecular complexity index is 237. The molecule has 0 radical (unpaired) electrons. The Labute approximate surface area is 89.3 Å². The van der Waals surface area contributed by atoms with E-state index in [9.17, 15) is 4.79 Å². The van der Waals surface area contributed by atoms with Crippen molar-refractivity contribution in [2.24, 2.45) is 5.92 Å². The van der Waals surface area contributed by atoms with Gasteiger partial charge in [0.2, 0.25) is 0 Å². The molecule has 1 aliphatic rings. The summed E-state index contributed by atoms with van der Waals surface area (Å²) in [6.45, 7) is 5.61. The zero-order valence-corrected chi connectivity index (χ0v) is 10.5. The van der Waals surface area contributed by atoms with E-state index in [-0.39, 0.29) is 0 Å². The molecule has 2 heteroatoms. The molecule has 0 spiro atoms. The predicted octanol–water partition coefficient (Wildman–Crippen LogP) is 3.34. The van der Waals surface area contributed by atoms with Crippen LogP contribution in [0.3, 0.4) is 0 Å². The molecule has 0 aliphatic heterocycles. The molecular formula is C12H22OS. The van der Waals surface area contributed by atoms with Crippen molar-refractivity contribution >= 4 is 15.1 Å². The van der Waals surface area contributed by atoms with E-state index in [1.54, 1.807) is 0 Å². The molecule has 0 saturated heterocycles. The Morgan fingerprint density at radius 3 is 2.29 bits per heavy atom. The highest BCUT2D eigenvalue weighted by molar-refractivity contribution is 8.44. The lowest BCUT2D eigenvalue weighted by atomic mass is 10.1. The van der Waals surface area contributed by atoms with Crippen LogP contribution in [-0.2, 0) is 4.79 Å². The Kier molecular flexibility index (Phi) is 3.82. The minimum Gasteiger partial charge on any atom is -0.284 e. The average Bonchev–Trinajstić information content (AvgIpc) is 2.54. The van der Waals surface area contributed by atoms with Gasteiger partial charge in [0.05, 0.1) is 0 Å². The molecule has 14 heavy (non-hydrogen) atoms. The maximum absolute atomic E-state index is 11.9. The number of hydrogen-bond donors (Lipinski definition) is 0. The molecule has 82 valence electrons. The molecule has 1 fully saturated rings. The van der Waals surface area contributed by atoms with Crippen molar-refractivity contribution in [2.45, 2.75) is 32.6 Å². The molecule has 1 rings (SSSR count). The van der Waals surface area contributed by atoms with Gasteiger partial charge in [0.25, 0.3) is 0 Å². The summed E-state index contributed by atoms with van der Waals surface area (Å²) in [4.78, 5) is 11.9. The third-order valence-electron chi connectivity index (χ3n) is 2.98. The van der Waals surface area contributed by atoms with Gasteiger partial charge in [-0.1, -0.05) is 19.4 Å². The van der Waals surface area contributed by atoms with E-state index in [1.807, 2.05) is 6.92 Å². The van der Waals surface area contributed by atoms with E-state index in [0.717, 1.165) is 17.2 Å². The molecule has 0 amide bonds. The van der Waals surface area contributed by atoms with Crippen LogP contribution in [-0.4, -0.2) is 23.4 Å². The summed E-state index contributed by atoms with van der Waals surface area (Å²) in [5.41, 5.74) is 0.739. The molecule has 1 aliphatic carbocycles. The molecule has 1 nitrogen and oxygen atoms in total. The van der Waals surface area contributed by atoms with E-state index >= 15 is 0 Å². The van der Waals surface area contributed by atoms with E-state index < -0.39 is 10.0 Å². The summed E-state index contributed by atoms with van der Waals surface area (Å²) in [6.07, 6.45) is 9.67. The van der Waals surface area contributed by atoms with Crippen LogP contribution in [0.4, 0.5) is 0 Å². The SMILES string of the molecule is C=C(C)C(=O)S(C)(C)CC1CCCC1. The Morgan fingerprint density at radius 1 is 1.36 bits per heavy atom. The predicted molar refractivity (Wildman–Crippen MR) is 66.1 cm³/mol. The topological polar surface area (TPSA) is 17.1 Å². The number of carbonyl (C=O) groups excluding carboxylic acids is 1. The Hall–Kier alpha value is -0.240. The highest BCUT2D eigenvalue weighted by atomic mass is 32.3. The van der Waals surface area contributed by atoms with Crippen molar-refractivity contribution in [3.63, 3.8) is 0 Å². The van der Waals surface area contributed by atoms with Crippen molar-refractivity contribution in [2.75, 3.05) is 18.3 Å². The van der Waals surface area contributed by atoms with Crippen LogP contribution >= 0.6 is 10.0 Å². The molecule has 0 unspecified atom stereocenters. The summed E-state index contributed by atoms with van der Waals surface area (Å²) in [5.74, 6) is 1.93. The third kappa shape index (κ3) is 2.88. The first kappa shape index (κ1) is 11.8. The van der Waals surface area contributed by atoms with Crippen LogP contribution in [0.15, 0.2) is 12.2 Å². The number of hydrogen-bond acceptors (Lipinski definition) is 1. The van der Waals surface area contributed by atoms with Crippen molar-refractivity contribution in [1.29, 1.82) is 0 Å². The second-order valence-electron chi connectivity index (χ2n) is 4.92. The van der Waals surface area contributed by atoms with Crippen molar-refractivity contribution in [3.05, 3.63) is 12.2 Å². The Balaban J connectivity index is 2.55. The first-order chi connectivity index (χ1) is 6.43. The van der Waals surface area contributed by atoms with E-state index in [2.05, 4.69) is 19.1 Å². The minimum absolute atomic E-state index is 0.324. The minimum atomic E-state index is -1.08. The van der Waals surface area contributed by atoms with Gasteiger partial charge in [0, 0.05) is 0 Å². The fourth-order valence-corrected chi connectivity index (χ4v) is 4.92. The van der Waals surface area contributed by atoms with Gasteiger partial charge in [-0.15, -0.1) is 0 Å². The van der Waals surface area contributed by atoms with E-state index in [1.165, 1.54) is 25.7 Å². The van der Waals surface area contributed by atoms with Gasteiger partial charge in [0.15, 0.2) is 5.12 Å². The van der Waals surface area contributed by atoms with Gasteiger partial charge in [0.1, 0.15) is 0 Å².